The Kier molecular flexibility index (Phi) is 5.46. The molecule has 1 atom stereocenters. The van der Waals surface area contributed by atoms with E-state index in [-0.39, 0.29) is 6.23 Å². The zero-order valence-electron chi connectivity index (χ0n) is 16.9. The number of hydrogen-bond acceptors (Lipinski definition) is 2. The van der Waals surface area contributed by atoms with Gasteiger partial charge in [0.25, 0.3) is 0 Å². The van der Waals surface area contributed by atoms with Crippen LogP contribution in [0.3, 0.4) is 0 Å². The lowest BCUT2D eigenvalue weighted by Crippen LogP contribution is -2.44. The Morgan fingerprint density at radius 1 is 0.710 bits per heavy atom. The highest BCUT2D eigenvalue weighted by Gasteiger charge is 2.45. The van der Waals surface area contributed by atoms with Crippen molar-refractivity contribution in [3.63, 3.8) is 0 Å². The maximum Gasteiger partial charge on any atom is 0.162 e. The molecule has 0 saturated carbocycles. The summed E-state index contributed by atoms with van der Waals surface area (Å²) in [6, 6.07) is 39.6. The second kappa shape index (κ2) is 8.54. The van der Waals surface area contributed by atoms with Crippen molar-refractivity contribution in [2.24, 2.45) is 0 Å². The van der Waals surface area contributed by atoms with Gasteiger partial charge in [0.05, 0.1) is 0 Å². The van der Waals surface area contributed by atoms with Crippen LogP contribution in [0.2, 0.25) is 0 Å². The average Bonchev–Trinajstić information content (AvgIpc) is 2.85. The van der Waals surface area contributed by atoms with Gasteiger partial charge in [0.1, 0.15) is 5.60 Å². The third-order valence-corrected chi connectivity index (χ3v) is 6.25. The summed E-state index contributed by atoms with van der Waals surface area (Å²) in [7, 11) is 0. The van der Waals surface area contributed by atoms with E-state index in [4.69, 9.17) is 4.74 Å². The van der Waals surface area contributed by atoms with Crippen molar-refractivity contribution in [3.05, 3.63) is 142 Å². The Hall–Kier alpha value is -3.14. The van der Waals surface area contributed by atoms with Crippen LogP contribution in [-0.2, 0) is 10.3 Å². The molecule has 0 unspecified atom stereocenters. The fourth-order valence-electron chi connectivity index (χ4n) is 4.20. The van der Waals surface area contributed by atoms with Crippen molar-refractivity contribution in [1.29, 1.82) is 0 Å². The zero-order valence-corrected chi connectivity index (χ0v) is 18.5. The van der Waals surface area contributed by atoms with E-state index in [1.54, 1.807) is 0 Å². The summed E-state index contributed by atoms with van der Waals surface area (Å²) in [5.41, 5.74) is 4.73. The summed E-state index contributed by atoms with van der Waals surface area (Å²) in [5, 5.41) is 3.57. The smallest absolute Gasteiger partial charge is 0.162 e. The van der Waals surface area contributed by atoms with Crippen LogP contribution >= 0.6 is 15.9 Å². The van der Waals surface area contributed by atoms with Gasteiger partial charge in [0.15, 0.2) is 6.23 Å². The highest BCUT2D eigenvalue weighted by Crippen LogP contribution is 2.48. The summed E-state index contributed by atoms with van der Waals surface area (Å²) < 4.78 is 7.92. The Morgan fingerprint density at radius 3 is 1.84 bits per heavy atom. The molecule has 0 radical (unpaired) electrons. The molecule has 0 bridgehead atoms. The van der Waals surface area contributed by atoms with E-state index in [0.717, 1.165) is 32.4 Å². The summed E-state index contributed by atoms with van der Waals surface area (Å²) >= 11 is 3.80. The second-order valence-corrected chi connectivity index (χ2v) is 8.46. The SMILES string of the molecule is Br/C(=C\c1ccccc1)[C@@H]1Nc2ccccc2C(c2ccccc2)(c2ccccc2)O1. The van der Waals surface area contributed by atoms with Crippen LogP contribution in [0.5, 0.6) is 0 Å². The summed E-state index contributed by atoms with van der Waals surface area (Å²) in [6.07, 6.45) is 1.75. The topological polar surface area (TPSA) is 21.3 Å². The fourth-order valence-corrected chi connectivity index (χ4v) is 4.67. The van der Waals surface area contributed by atoms with Gasteiger partial charge in [-0.3, -0.25) is 0 Å². The minimum absolute atomic E-state index is 0.351. The van der Waals surface area contributed by atoms with E-state index >= 15 is 0 Å². The summed E-state index contributed by atoms with van der Waals surface area (Å²) in [4.78, 5) is 0. The maximum absolute atomic E-state index is 6.98. The van der Waals surface area contributed by atoms with Gasteiger partial charge >= 0.3 is 0 Å². The van der Waals surface area contributed by atoms with Gasteiger partial charge in [-0.25, -0.2) is 0 Å². The highest BCUT2D eigenvalue weighted by atomic mass is 79.9. The minimum atomic E-state index is -0.738. The van der Waals surface area contributed by atoms with Crippen LogP contribution in [0.4, 0.5) is 5.69 Å². The van der Waals surface area contributed by atoms with Gasteiger partial charge in [0, 0.05) is 15.7 Å². The second-order valence-electron chi connectivity index (χ2n) is 7.54. The number of nitrogens with one attached hydrogen (secondary N) is 1. The average molecular weight is 468 g/mol. The molecule has 152 valence electrons. The fraction of sp³-hybridized carbons (Fsp3) is 0.0714. The van der Waals surface area contributed by atoms with Crippen molar-refractivity contribution < 1.29 is 4.74 Å². The third kappa shape index (κ3) is 3.71. The van der Waals surface area contributed by atoms with Crippen molar-refractivity contribution >= 4 is 27.7 Å². The minimum Gasteiger partial charge on any atom is -0.356 e. The third-order valence-electron chi connectivity index (χ3n) is 5.60. The van der Waals surface area contributed by atoms with Gasteiger partial charge in [-0.1, -0.05) is 125 Å². The van der Waals surface area contributed by atoms with Crippen molar-refractivity contribution in [1.82, 2.24) is 0 Å². The number of rotatable bonds is 4. The molecule has 31 heavy (non-hydrogen) atoms. The lowest BCUT2D eigenvalue weighted by Gasteiger charge is -2.44. The van der Waals surface area contributed by atoms with Crippen LogP contribution < -0.4 is 5.32 Å². The zero-order chi connectivity index (χ0) is 21.1. The van der Waals surface area contributed by atoms with Crippen molar-refractivity contribution in [3.8, 4) is 0 Å². The molecule has 1 aliphatic rings. The first-order chi connectivity index (χ1) is 15.3. The molecule has 1 heterocycles. The summed E-state index contributed by atoms with van der Waals surface area (Å²) in [6.45, 7) is 0. The van der Waals surface area contributed by atoms with E-state index < -0.39 is 5.60 Å². The normalized spacial score (nSPS) is 17.5. The molecule has 0 fully saturated rings. The molecular weight excluding hydrogens is 446 g/mol. The molecule has 4 aromatic rings. The molecule has 0 aliphatic carbocycles. The van der Waals surface area contributed by atoms with Crippen LogP contribution in [0, 0.1) is 0 Å². The number of para-hydroxylation sites is 1. The Bertz CT molecular complexity index is 1150. The maximum atomic E-state index is 6.98. The van der Waals surface area contributed by atoms with Crippen LogP contribution in [0.25, 0.3) is 6.08 Å². The van der Waals surface area contributed by atoms with Gasteiger partial charge in [0.2, 0.25) is 0 Å². The van der Waals surface area contributed by atoms with Crippen molar-refractivity contribution in [2.45, 2.75) is 11.8 Å². The number of ether oxygens (including phenoxy) is 1. The Morgan fingerprint density at radius 2 is 1.23 bits per heavy atom. The van der Waals surface area contributed by atoms with Gasteiger partial charge in [-0.2, -0.15) is 0 Å². The van der Waals surface area contributed by atoms with Crippen LogP contribution in [-0.4, -0.2) is 6.23 Å². The predicted molar refractivity (Wildman–Crippen MR) is 131 cm³/mol. The van der Waals surface area contributed by atoms with E-state index in [9.17, 15) is 0 Å². The largest absolute Gasteiger partial charge is 0.356 e. The van der Waals surface area contributed by atoms with Gasteiger partial charge < -0.3 is 10.1 Å². The van der Waals surface area contributed by atoms with Crippen LogP contribution in [0.1, 0.15) is 22.3 Å². The predicted octanol–water partition coefficient (Wildman–Crippen LogP) is 7.18. The molecule has 2 nitrogen and oxygen atoms in total. The first-order valence-electron chi connectivity index (χ1n) is 10.3. The number of fused-ring (bicyclic) bond motifs is 1. The molecule has 3 heteroatoms. The quantitative estimate of drug-likeness (QED) is 0.343. The molecular formula is C28H22BrNO. The molecule has 4 aromatic carbocycles. The number of hydrogen-bond donors (Lipinski definition) is 1. The van der Waals surface area contributed by atoms with E-state index in [1.165, 1.54) is 0 Å². The van der Waals surface area contributed by atoms with Gasteiger partial charge in [-0.15, -0.1) is 0 Å². The number of halogens is 1. The molecule has 1 N–H and O–H groups in total. The van der Waals surface area contributed by atoms with E-state index in [1.807, 2.05) is 30.3 Å². The molecule has 0 amide bonds. The monoisotopic (exact) mass is 467 g/mol. The number of benzene rings is 4. The Balaban J connectivity index is 1.70. The standard InChI is InChI=1S/C28H22BrNO/c29-25(20-21-12-4-1-5-13-21)27-30-26-19-11-10-18-24(26)28(31-27,22-14-6-2-7-15-22)23-16-8-3-9-17-23/h1-20,27,30H/b25-20-/t27-/m1/s1. The van der Waals surface area contributed by atoms with E-state index in [0.29, 0.717) is 0 Å². The first kappa shape index (κ1) is 19.8. The molecule has 5 rings (SSSR count). The lowest BCUT2D eigenvalue weighted by molar-refractivity contribution is -0.0201. The molecule has 0 saturated heterocycles. The van der Waals surface area contributed by atoms with Crippen molar-refractivity contribution in [2.75, 3.05) is 5.32 Å². The van der Waals surface area contributed by atoms with E-state index in [2.05, 4.69) is 112 Å². The first-order valence-corrected chi connectivity index (χ1v) is 11.1. The number of anilines is 1. The van der Waals surface area contributed by atoms with Crippen LogP contribution in [0.15, 0.2) is 120 Å². The molecule has 1 aliphatic heterocycles. The van der Waals surface area contributed by atoms with Gasteiger partial charge in [-0.05, 0) is 28.8 Å². The highest BCUT2D eigenvalue weighted by molar-refractivity contribution is 9.11. The molecule has 0 aromatic heterocycles. The Labute approximate surface area is 191 Å². The lowest BCUT2D eigenvalue weighted by atomic mass is 9.78. The summed E-state index contributed by atoms with van der Waals surface area (Å²) in [5.74, 6) is 0. The molecule has 0 spiro atoms.